The van der Waals surface area contributed by atoms with Gasteiger partial charge in [-0.2, -0.15) is 10.1 Å². The van der Waals surface area contributed by atoms with Crippen LogP contribution < -0.4 is 35.8 Å². The number of nitro benzene ring substituents is 2. The summed E-state index contributed by atoms with van der Waals surface area (Å²) in [6, 6.07) is 17.1. The predicted molar refractivity (Wildman–Crippen MR) is 430 cm³/mol. The monoisotopic (exact) mass is 1660 g/mol. The standard InChI is InChI=1S/C40H59N5O8.C25H37IN2O5.C8H20N2.C7H5BNO6/c1-22(2)13-29(20-43(7)8)41-38(48)27-14-26(15-30(16-27)45(50)51)31-12-10-11-25(37(31)52-9)19-44-36(35(24(4)47)34(21-46)53-44)39(49)42-33-18-28-17-32(23(33)3)40(28,5)6;1-13-17-9-16(25(17,3)4)10-19(13)27-24(31)22-21(14(2)30)20(12-29)33-28(22)11-15-7-6-8-18(26)23(15)32-5;1-7(2)5-8(9)6-10(3)4;10-7(11)4-1-5(9(13)14)3-6(2-4)15-8-12/h10-12,14-16,22-24,28-29,32-36,46-47H,13,17-21H2,1-9H3,(H,41,48)(H,42,49);6-8,13-14,16-17,19-22,29-30H,9-12H2,1-5H3,(H,27,31);7-8H,5-6,9H2,1-4H3;1-3,12H,(H,10,11)/t23-,24-,28+,29-,32-,33-,34-,35+,36-;13-,14-,16+,17-,19-,20-,21+,22-;;/m00../s1. The molecule has 6 saturated carbocycles. The summed E-state index contributed by atoms with van der Waals surface area (Å²) < 4.78 is 16.9. The highest BCUT2D eigenvalue weighted by Gasteiger charge is 2.59. The third kappa shape index (κ3) is 22.6. The van der Waals surface area contributed by atoms with E-state index >= 15 is 0 Å². The molecule has 3 amide bonds. The number of nitro groups is 2. The number of aliphatic hydroxyl groups is 4. The van der Waals surface area contributed by atoms with Crippen molar-refractivity contribution >= 4 is 65.3 Å². The minimum absolute atomic E-state index is 0.00869. The minimum atomic E-state index is -1.32. The van der Waals surface area contributed by atoms with Crippen LogP contribution in [0, 0.1) is 93.8 Å². The number of likely N-dealkylation sites (N-methyl/N-ethyl adjacent to an activating group) is 2. The Morgan fingerprint density at radius 1 is 0.676 bits per heavy atom. The molecule has 0 spiro atoms. The van der Waals surface area contributed by atoms with Crippen molar-refractivity contribution in [2.24, 2.45) is 75.7 Å². The van der Waals surface area contributed by atoms with Crippen LogP contribution in [0.2, 0.25) is 0 Å². The lowest BCUT2D eigenvalue weighted by Gasteiger charge is -2.62. The van der Waals surface area contributed by atoms with E-state index in [1.807, 2.05) is 43.3 Å². The summed E-state index contributed by atoms with van der Waals surface area (Å²) in [7, 11) is 11.4. The number of carboxylic acids is 1. The van der Waals surface area contributed by atoms with E-state index in [4.69, 9.17) is 35.0 Å². The van der Waals surface area contributed by atoms with Crippen molar-refractivity contribution < 1.29 is 83.4 Å². The summed E-state index contributed by atoms with van der Waals surface area (Å²) in [6.07, 6.45) is 2.92. The molecule has 4 bridgehead atoms. The SMILES string of the molecule is CC(C)CC(N)CN(C)C.COc1c(CN2O[C@@H](CO)[C@@H]([C@H](C)O)[C@H]2C(=O)N[C@H]2C[C@H]3C[C@@H]([C@@H]2C)C3(C)C)cccc1-c1cc(C(=O)N[C@@H](CC(C)C)CN(C)C)cc([N+](=O)[O-])c1.COc1c(I)cccc1CN1O[C@@H](CO)[C@@H]([C@H](C)O)[C@H]1C(=O)N[C@H]1C[C@H]2C[C@@H]([C@@H]1C)C2(C)C.O=C(O)c1cc(O[B]O)cc([N+](=O)[O-])c1. The lowest BCUT2D eigenvalue weighted by atomic mass is 9.45. The third-order valence-electron chi connectivity index (χ3n) is 23.6. The summed E-state index contributed by atoms with van der Waals surface area (Å²) >= 11 is 2.22. The van der Waals surface area contributed by atoms with Gasteiger partial charge in [-0.15, -0.1) is 0 Å². The van der Waals surface area contributed by atoms with Crippen LogP contribution in [-0.2, 0) is 32.4 Å². The van der Waals surface area contributed by atoms with Gasteiger partial charge in [-0.3, -0.25) is 44.3 Å². The van der Waals surface area contributed by atoms with E-state index in [9.17, 15) is 59.8 Å². The molecule has 8 aliphatic rings. The van der Waals surface area contributed by atoms with Crippen molar-refractivity contribution in [2.75, 3.05) is 68.7 Å². The zero-order valence-corrected chi connectivity index (χ0v) is 69.8. The van der Waals surface area contributed by atoms with Gasteiger partial charge in [-0.05, 0) is 185 Å². The maximum atomic E-state index is 14.2. The number of ether oxygens (including phenoxy) is 2. The van der Waals surface area contributed by atoms with Crippen LogP contribution in [0.1, 0.15) is 153 Å². The first kappa shape index (κ1) is 91.5. The van der Waals surface area contributed by atoms with Crippen molar-refractivity contribution in [3.63, 3.8) is 0 Å². The van der Waals surface area contributed by atoms with Crippen molar-refractivity contribution in [3.8, 4) is 28.4 Å². The smallest absolute Gasteiger partial charge is 0.537 e. The minimum Gasteiger partial charge on any atom is -0.537 e. The second kappa shape index (κ2) is 40.0. The normalized spacial score (nSPS) is 26.5. The molecule has 111 heavy (non-hydrogen) atoms. The molecule has 29 nitrogen and oxygen atoms in total. The number of carboxylic acid groups (broad SMARTS) is 1. The number of benzene rings is 4. The number of hydroxylamine groups is 4. The number of hydrogen-bond donors (Lipinski definition) is 10. The molecule has 8 fully saturated rings. The molecule has 1 unspecified atom stereocenters. The van der Waals surface area contributed by atoms with Gasteiger partial charge in [0.25, 0.3) is 17.3 Å². The van der Waals surface area contributed by atoms with Gasteiger partial charge < -0.3 is 76.2 Å². The highest BCUT2D eigenvalue weighted by molar-refractivity contribution is 14.1. The molecule has 615 valence electrons. The van der Waals surface area contributed by atoms with Gasteiger partial charge in [0.2, 0.25) is 11.8 Å². The van der Waals surface area contributed by atoms with Gasteiger partial charge in [0.1, 0.15) is 41.5 Å². The zero-order chi connectivity index (χ0) is 82.6. The topological polar surface area (TPSA) is 397 Å². The number of halogens is 1. The average molecular weight is 1660 g/mol. The number of nitrogens with one attached hydrogen (secondary N) is 3. The molecule has 11 N–H and O–H groups in total. The van der Waals surface area contributed by atoms with E-state index in [0.717, 1.165) is 71.2 Å². The Labute approximate surface area is 668 Å². The number of carbonyl (C=O) groups is 4. The largest absolute Gasteiger partial charge is 0.569 e. The fourth-order valence-electron chi connectivity index (χ4n) is 17.9. The number of rotatable bonds is 30. The Bertz CT molecular complexity index is 3760. The lowest BCUT2D eigenvalue weighted by molar-refractivity contribution is -0.385. The number of para-hydroxylation sites is 2. The first-order valence-electron chi connectivity index (χ1n) is 38.5. The molecule has 2 heterocycles. The molecule has 6 aliphatic carbocycles. The van der Waals surface area contributed by atoms with Crippen LogP contribution in [0.5, 0.6) is 17.2 Å². The molecular formula is C80H121BIN10O19. The number of methoxy groups -OCH3 is 2. The Morgan fingerprint density at radius 2 is 1.14 bits per heavy atom. The van der Waals surface area contributed by atoms with Crippen LogP contribution in [0.15, 0.2) is 72.8 Å². The highest BCUT2D eigenvalue weighted by atomic mass is 127. The number of non-ortho nitro benzene ring substituents is 2. The number of hydrogen-bond acceptors (Lipinski definition) is 23. The van der Waals surface area contributed by atoms with E-state index in [1.165, 1.54) is 37.1 Å². The van der Waals surface area contributed by atoms with Gasteiger partial charge in [0, 0.05) is 89.5 Å². The van der Waals surface area contributed by atoms with Crippen molar-refractivity contribution in [1.82, 2.24) is 35.9 Å². The first-order valence-corrected chi connectivity index (χ1v) is 39.5. The second-order valence-electron chi connectivity index (χ2n) is 33.6. The van der Waals surface area contributed by atoms with Gasteiger partial charge in [-0.25, -0.2) is 4.79 Å². The second-order valence-corrected chi connectivity index (χ2v) is 34.8. The molecule has 4 aromatic carbocycles. The summed E-state index contributed by atoms with van der Waals surface area (Å²) in [6.45, 7) is 26.9. The number of nitrogens with zero attached hydrogens (tertiary/aromatic N) is 6. The Balaban J connectivity index is 0.000000247. The molecule has 31 heteroatoms. The zero-order valence-electron chi connectivity index (χ0n) is 67.7. The van der Waals surface area contributed by atoms with Crippen LogP contribution >= 0.6 is 22.6 Å². The average Bonchev–Trinajstić information content (AvgIpc) is 1.16. The number of fused-ring (bicyclic) bond motifs is 4. The van der Waals surface area contributed by atoms with Gasteiger partial charge >= 0.3 is 13.7 Å². The molecule has 2 aliphatic heterocycles. The van der Waals surface area contributed by atoms with Gasteiger partial charge in [0.15, 0.2) is 0 Å². The number of aromatic carboxylic acids is 1. The summed E-state index contributed by atoms with van der Waals surface area (Å²) in [5, 5.41) is 94.0. The summed E-state index contributed by atoms with van der Waals surface area (Å²) in [5.74, 6) is 1.68. The fourth-order valence-corrected chi connectivity index (χ4v) is 18.7. The quantitative estimate of drug-likeness (QED) is 0.0101. The first-order chi connectivity index (χ1) is 52.1. The number of aliphatic hydroxyl groups excluding tert-OH is 4. The number of nitrogens with two attached hydrogens (primary N) is 1. The molecule has 12 rings (SSSR count). The van der Waals surface area contributed by atoms with Gasteiger partial charge in [0.05, 0.1) is 77.8 Å². The maximum absolute atomic E-state index is 14.2. The Morgan fingerprint density at radius 3 is 1.54 bits per heavy atom. The Hall–Kier alpha value is -6.73. The molecule has 2 saturated heterocycles. The van der Waals surface area contributed by atoms with E-state index in [1.54, 1.807) is 44.2 Å². The Kier molecular flexibility index (Phi) is 33.0. The lowest BCUT2D eigenvalue weighted by Crippen LogP contribution is -2.62. The predicted octanol–water partition coefficient (Wildman–Crippen LogP) is 8.72. The molecular weight excluding hydrogens is 1540 g/mol. The molecule has 0 aromatic heterocycles. The molecule has 4 aromatic rings. The van der Waals surface area contributed by atoms with Crippen LogP contribution in [0.4, 0.5) is 11.4 Å². The fraction of sp³-hybridized carbons (Fsp3) is 0.650. The number of carbonyl (C=O) groups excluding carboxylic acids is 3. The van der Waals surface area contributed by atoms with E-state index in [0.29, 0.717) is 96.1 Å². The van der Waals surface area contributed by atoms with Gasteiger partial charge in [-0.1, -0.05) is 99.6 Å². The van der Waals surface area contributed by atoms with E-state index < -0.39 is 82.4 Å². The summed E-state index contributed by atoms with van der Waals surface area (Å²) in [5.41, 5.74) is 8.05. The summed E-state index contributed by atoms with van der Waals surface area (Å²) in [4.78, 5) is 89.7. The van der Waals surface area contributed by atoms with Crippen molar-refractivity contribution in [2.45, 2.75) is 195 Å². The third-order valence-corrected chi connectivity index (χ3v) is 24.5. The van der Waals surface area contributed by atoms with E-state index in [2.05, 4.69) is 131 Å². The van der Waals surface area contributed by atoms with Crippen molar-refractivity contribution in [3.05, 3.63) is 119 Å². The molecule has 18 atom stereocenters. The van der Waals surface area contributed by atoms with Crippen LogP contribution in [0.25, 0.3) is 11.1 Å². The number of amides is 3. The van der Waals surface area contributed by atoms with E-state index in [-0.39, 0.29) is 71.1 Å². The highest BCUT2D eigenvalue weighted by Crippen LogP contribution is 2.62. The maximum Gasteiger partial charge on any atom is 0.569 e. The van der Waals surface area contributed by atoms with Crippen LogP contribution in [-0.4, -0.2) is 221 Å². The van der Waals surface area contributed by atoms with Crippen LogP contribution in [0.3, 0.4) is 0 Å². The van der Waals surface area contributed by atoms with Crippen molar-refractivity contribution in [1.29, 1.82) is 0 Å². The molecule has 1 radical (unpaired) electrons.